The van der Waals surface area contributed by atoms with Gasteiger partial charge in [-0.25, -0.2) is 0 Å². The predicted octanol–water partition coefficient (Wildman–Crippen LogP) is 1.76. The van der Waals surface area contributed by atoms with Gasteiger partial charge in [0.05, 0.1) is 0 Å². The SMILES string of the molecule is CC1=C(C(=O)C(C)C)N2C=CC=CC2N1. The molecule has 0 aromatic rings. The molecule has 15 heavy (non-hydrogen) atoms. The van der Waals surface area contributed by atoms with Crippen molar-refractivity contribution in [3.63, 3.8) is 0 Å². The highest BCUT2D eigenvalue weighted by Crippen LogP contribution is 2.26. The second-order valence-electron chi connectivity index (χ2n) is 4.22. The Morgan fingerprint density at radius 3 is 2.87 bits per heavy atom. The molecule has 0 aromatic carbocycles. The molecule has 0 spiro atoms. The van der Waals surface area contributed by atoms with Crippen molar-refractivity contribution < 1.29 is 4.79 Å². The van der Waals surface area contributed by atoms with Gasteiger partial charge in [-0.05, 0) is 19.1 Å². The fraction of sp³-hybridized carbons (Fsp3) is 0.417. The zero-order chi connectivity index (χ0) is 11.0. The molecule has 0 radical (unpaired) electrons. The summed E-state index contributed by atoms with van der Waals surface area (Å²) in [4.78, 5) is 14.0. The van der Waals surface area contributed by atoms with E-state index in [-0.39, 0.29) is 17.9 Å². The van der Waals surface area contributed by atoms with Crippen LogP contribution in [0.2, 0.25) is 0 Å². The minimum Gasteiger partial charge on any atom is -0.363 e. The highest BCUT2D eigenvalue weighted by atomic mass is 16.1. The van der Waals surface area contributed by atoms with Gasteiger partial charge in [-0.3, -0.25) is 4.79 Å². The van der Waals surface area contributed by atoms with E-state index >= 15 is 0 Å². The van der Waals surface area contributed by atoms with Crippen LogP contribution in [-0.4, -0.2) is 16.8 Å². The van der Waals surface area contributed by atoms with Gasteiger partial charge in [0.25, 0.3) is 0 Å². The normalized spacial score (nSPS) is 23.5. The minimum absolute atomic E-state index is 0.0369. The van der Waals surface area contributed by atoms with E-state index in [2.05, 4.69) is 5.32 Å². The molecule has 80 valence electrons. The molecule has 3 heteroatoms. The maximum atomic E-state index is 12.0. The van der Waals surface area contributed by atoms with Gasteiger partial charge in [-0.1, -0.05) is 19.9 Å². The summed E-state index contributed by atoms with van der Waals surface area (Å²) in [5, 5.41) is 3.29. The number of hydrogen-bond donors (Lipinski definition) is 1. The van der Waals surface area contributed by atoms with Crippen molar-refractivity contribution in [2.45, 2.75) is 26.9 Å². The summed E-state index contributed by atoms with van der Waals surface area (Å²) in [6.45, 7) is 5.81. The van der Waals surface area contributed by atoms with Gasteiger partial charge in [0, 0.05) is 17.8 Å². The molecule has 2 aliphatic heterocycles. The summed E-state index contributed by atoms with van der Waals surface area (Å²) < 4.78 is 0. The first-order valence-corrected chi connectivity index (χ1v) is 5.26. The zero-order valence-electron chi connectivity index (χ0n) is 9.32. The van der Waals surface area contributed by atoms with E-state index in [0.29, 0.717) is 0 Å². The molecular weight excluding hydrogens is 188 g/mol. The average Bonchev–Trinajstić information content (AvgIpc) is 2.52. The lowest BCUT2D eigenvalue weighted by Crippen LogP contribution is -2.34. The average molecular weight is 204 g/mol. The maximum Gasteiger partial charge on any atom is 0.183 e. The summed E-state index contributed by atoms with van der Waals surface area (Å²) in [5.41, 5.74) is 1.77. The van der Waals surface area contributed by atoms with Crippen LogP contribution in [0.5, 0.6) is 0 Å². The van der Waals surface area contributed by atoms with Gasteiger partial charge >= 0.3 is 0 Å². The third kappa shape index (κ3) is 1.58. The van der Waals surface area contributed by atoms with Gasteiger partial charge < -0.3 is 10.2 Å². The molecule has 2 aliphatic rings. The van der Waals surface area contributed by atoms with Crippen LogP contribution in [-0.2, 0) is 4.79 Å². The van der Waals surface area contributed by atoms with Crippen molar-refractivity contribution in [1.82, 2.24) is 10.2 Å². The Bertz CT molecular complexity index is 377. The number of ketones is 1. The van der Waals surface area contributed by atoms with Crippen LogP contribution < -0.4 is 5.32 Å². The predicted molar refractivity (Wildman–Crippen MR) is 59.6 cm³/mol. The van der Waals surface area contributed by atoms with Gasteiger partial charge in [0.2, 0.25) is 0 Å². The van der Waals surface area contributed by atoms with Crippen molar-refractivity contribution in [1.29, 1.82) is 0 Å². The van der Waals surface area contributed by atoms with Gasteiger partial charge in [0.15, 0.2) is 5.78 Å². The summed E-state index contributed by atoms with van der Waals surface area (Å²) in [7, 11) is 0. The maximum absolute atomic E-state index is 12.0. The molecule has 1 unspecified atom stereocenters. The fourth-order valence-corrected chi connectivity index (χ4v) is 1.90. The topological polar surface area (TPSA) is 32.3 Å². The van der Waals surface area contributed by atoms with Crippen molar-refractivity contribution >= 4 is 5.78 Å². The molecule has 0 aliphatic carbocycles. The Morgan fingerprint density at radius 1 is 1.47 bits per heavy atom. The highest BCUT2D eigenvalue weighted by Gasteiger charge is 2.32. The molecule has 2 rings (SSSR count). The van der Waals surface area contributed by atoms with Crippen LogP contribution in [0.15, 0.2) is 35.8 Å². The van der Waals surface area contributed by atoms with Crippen LogP contribution in [0.3, 0.4) is 0 Å². The molecule has 0 saturated carbocycles. The lowest BCUT2D eigenvalue weighted by atomic mass is 10.0. The minimum atomic E-state index is 0.0369. The second-order valence-corrected chi connectivity index (χ2v) is 4.22. The van der Waals surface area contributed by atoms with Crippen molar-refractivity contribution in [2.75, 3.05) is 0 Å². The number of fused-ring (bicyclic) bond motifs is 1. The van der Waals surface area contributed by atoms with E-state index in [1.165, 1.54) is 0 Å². The number of allylic oxidation sites excluding steroid dienone is 4. The van der Waals surface area contributed by atoms with Gasteiger partial charge in [-0.2, -0.15) is 0 Å². The number of Topliss-reactive ketones (excluding diaryl/α,β-unsaturated/α-hetero) is 1. The highest BCUT2D eigenvalue weighted by molar-refractivity contribution is 5.97. The third-order valence-corrected chi connectivity index (χ3v) is 2.69. The fourth-order valence-electron chi connectivity index (χ4n) is 1.90. The number of carbonyl (C=O) groups excluding carboxylic acids is 1. The quantitative estimate of drug-likeness (QED) is 0.744. The summed E-state index contributed by atoms with van der Waals surface area (Å²) in [6, 6.07) is 0. The zero-order valence-corrected chi connectivity index (χ0v) is 9.32. The number of hydrogen-bond acceptors (Lipinski definition) is 3. The van der Waals surface area contributed by atoms with E-state index in [1.54, 1.807) is 0 Å². The van der Waals surface area contributed by atoms with E-state index in [9.17, 15) is 4.79 Å². The first-order valence-electron chi connectivity index (χ1n) is 5.26. The van der Waals surface area contributed by atoms with Crippen LogP contribution in [0.25, 0.3) is 0 Å². The van der Waals surface area contributed by atoms with E-state index < -0.39 is 0 Å². The summed E-state index contributed by atoms with van der Waals surface area (Å²) in [6.07, 6.45) is 8.05. The molecule has 0 bridgehead atoms. The molecule has 0 amide bonds. The number of nitrogens with zero attached hydrogens (tertiary/aromatic N) is 1. The molecular formula is C12H16N2O. The Morgan fingerprint density at radius 2 is 2.20 bits per heavy atom. The number of nitrogens with one attached hydrogen (secondary N) is 1. The Kier molecular flexibility index (Phi) is 2.39. The molecule has 2 heterocycles. The monoisotopic (exact) mass is 204 g/mol. The molecule has 1 N–H and O–H groups in total. The Balaban J connectivity index is 2.31. The standard InChI is InChI=1S/C12H16N2O/c1-8(2)12(15)11-9(3)13-10-6-4-5-7-14(10)11/h4-8,10,13H,1-3H3. The summed E-state index contributed by atoms with van der Waals surface area (Å²) in [5.74, 6) is 0.234. The molecule has 0 fully saturated rings. The Hall–Kier alpha value is -1.51. The summed E-state index contributed by atoms with van der Waals surface area (Å²) >= 11 is 0. The number of carbonyl (C=O) groups is 1. The number of rotatable bonds is 2. The molecule has 0 saturated heterocycles. The van der Waals surface area contributed by atoms with Crippen LogP contribution in [0.4, 0.5) is 0 Å². The third-order valence-electron chi connectivity index (χ3n) is 2.69. The van der Waals surface area contributed by atoms with Crippen molar-refractivity contribution in [2.24, 2.45) is 5.92 Å². The molecule has 0 aromatic heterocycles. The second kappa shape index (κ2) is 3.57. The molecule has 1 atom stereocenters. The van der Waals surface area contributed by atoms with E-state index in [1.807, 2.05) is 50.1 Å². The smallest absolute Gasteiger partial charge is 0.183 e. The van der Waals surface area contributed by atoms with E-state index in [4.69, 9.17) is 0 Å². The van der Waals surface area contributed by atoms with Gasteiger partial charge in [-0.15, -0.1) is 0 Å². The van der Waals surface area contributed by atoms with Crippen LogP contribution in [0, 0.1) is 5.92 Å². The van der Waals surface area contributed by atoms with Crippen molar-refractivity contribution in [3.8, 4) is 0 Å². The van der Waals surface area contributed by atoms with Crippen molar-refractivity contribution in [3.05, 3.63) is 35.8 Å². The van der Waals surface area contributed by atoms with Gasteiger partial charge in [0.1, 0.15) is 11.9 Å². The Labute approximate surface area is 90.1 Å². The van der Waals surface area contributed by atoms with Crippen LogP contribution in [0.1, 0.15) is 20.8 Å². The largest absolute Gasteiger partial charge is 0.363 e. The first kappa shape index (κ1) is 10.0. The molecule has 3 nitrogen and oxygen atoms in total. The van der Waals surface area contributed by atoms with E-state index in [0.717, 1.165) is 11.4 Å². The van der Waals surface area contributed by atoms with Crippen LogP contribution >= 0.6 is 0 Å². The lowest BCUT2D eigenvalue weighted by Gasteiger charge is -2.25. The first-order chi connectivity index (χ1) is 7.11. The lowest BCUT2D eigenvalue weighted by molar-refractivity contribution is -0.119.